The molecule has 8 heteroatoms. The van der Waals surface area contributed by atoms with E-state index in [1.807, 2.05) is 16.7 Å². The second-order valence-corrected chi connectivity index (χ2v) is 9.95. The van der Waals surface area contributed by atoms with E-state index in [4.69, 9.17) is 9.97 Å². The number of nitrogens with zero attached hydrogens (tertiary/aromatic N) is 5. The molecule has 32 heavy (non-hydrogen) atoms. The number of amides is 3. The summed E-state index contributed by atoms with van der Waals surface area (Å²) in [5.41, 5.74) is 2.12. The van der Waals surface area contributed by atoms with E-state index in [9.17, 15) is 14.4 Å². The fourth-order valence-electron chi connectivity index (χ4n) is 5.93. The van der Waals surface area contributed by atoms with Crippen LogP contribution in [0, 0.1) is 12.8 Å². The molecule has 172 valence electrons. The van der Waals surface area contributed by atoms with Gasteiger partial charge >= 0.3 is 0 Å². The molecule has 1 atom stereocenters. The van der Waals surface area contributed by atoms with Gasteiger partial charge in [0.05, 0.1) is 5.92 Å². The average molecular weight is 440 g/mol. The number of fused-ring (bicyclic) bond motifs is 1. The number of anilines is 1. The molecule has 1 aromatic heterocycles. The lowest BCUT2D eigenvalue weighted by Gasteiger charge is -2.36. The first-order chi connectivity index (χ1) is 15.4. The van der Waals surface area contributed by atoms with Crippen molar-refractivity contribution >= 4 is 23.5 Å². The molecule has 2 saturated heterocycles. The Labute approximate surface area is 189 Å². The molecule has 0 aromatic carbocycles. The Morgan fingerprint density at radius 2 is 1.69 bits per heavy atom. The molecule has 5 rings (SSSR count). The zero-order chi connectivity index (χ0) is 22.4. The summed E-state index contributed by atoms with van der Waals surface area (Å²) >= 11 is 0. The standard InChI is InChI=1S/C24H33N5O3/c1-15-19-7-8-20(30)29(18-5-3-4-6-18)23(19)26-22(25-15)16-9-11-28(12-10-16)24(32)17-13-21(31)27(2)14-17/h16-18H,3-14H2,1-2H3. The van der Waals surface area contributed by atoms with Crippen molar-refractivity contribution in [2.75, 3.05) is 31.6 Å². The van der Waals surface area contributed by atoms with Crippen molar-refractivity contribution in [2.45, 2.75) is 76.7 Å². The van der Waals surface area contributed by atoms with E-state index in [2.05, 4.69) is 0 Å². The van der Waals surface area contributed by atoms with E-state index >= 15 is 0 Å². The van der Waals surface area contributed by atoms with Crippen molar-refractivity contribution in [3.05, 3.63) is 17.1 Å². The van der Waals surface area contributed by atoms with Crippen molar-refractivity contribution in [1.29, 1.82) is 0 Å². The second kappa shape index (κ2) is 8.45. The van der Waals surface area contributed by atoms with Crippen LogP contribution in [-0.2, 0) is 20.8 Å². The number of piperidine rings is 1. The van der Waals surface area contributed by atoms with Gasteiger partial charge in [-0.1, -0.05) is 12.8 Å². The molecule has 1 aromatic rings. The molecule has 0 N–H and O–H groups in total. The number of rotatable bonds is 3. The molecule has 3 fully saturated rings. The highest BCUT2D eigenvalue weighted by Gasteiger charge is 2.38. The molecule has 0 bridgehead atoms. The molecule has 3 aliphatic heterocycles. The summed E-state index contributed by atoms with van der Waals surface area (Å²) in [7, 11) is 1.76. The average Bonchev–Trinajstić information content (AvgIpc) is 3.43. The van der Waals surface area contributed by atoms with Gasteiger partial charge in [0.2, 0.25) is 17.7 Å². The van der Waals surface area contributed by atoms with E-state index in [0.717, 1.165) is 55.0 Å². The van der Waals surface area contributed by atoms with E-state index in [1.165, 1.54) is 12.8 Å². The predicted octanol–water partition coefficient (Wildman–Crippen LogP) is 2.19. The summed E-state index contributed by atoms with van der Waals surface area (Å²) < 4.78 is 0. The zero-order valence-corrected chi connectivity index (χ0v) is 19.2. The third-order valence-electron chi connectivity index (χ3n) is 7.85. The van der Waals surface area contributed by atoms with Crippen LogP contribution in [0.5, 0.6) is 0 Å². The highest BCUT2D eigenvalue weighted by molar-refractivity contribution is 5.96. The van der Waals surface area contributed by atoms with Gasteiger partial charge in [0.25, 0.3) is 0 Å². The van der Waals surface area contributed by atoms with Crippen LogP contribution in [0.2, 0.25) is 0 Å². The zero-order valence-electron chi connectivity index (χ0n) is 19.2. The molecule has 4 aliphatic rings. The number of carbonyl (C=O) groups is 3. The van der Waals surface area contributed by atoms with Crippen molar-refractivity contribution < 1.29 is 14.4 Å². The van der Waals surface area contributed by atoms with E-state index < -0.39 is 0 Å². The minimum absolute atomic E-state index is 0.0533. The van der Waals surface area contributed by atoms with Gasteiger partial charge in [0, 0.05) is 62.7 Å². The van der Waals surface area contributed by atoms with E-state index in [0.29, 0.717) is 32.5 Å². The first-order valence-electron chi connectivity index (χ1n) is 12.1. The molecule has 3 amide bonds. The Bertz CT molecular complexity index is 934. The van der Waals surface area contributed by atoms with Crippen LogP contribution in [0.25, 0.3) is 0 Å². The first-order valence-corrected chi connectivity index (χ1v) is 12.1. The predicted molar refractivity (Wildman–Crippen MR) is 119 cm³/mol. The van der Waals surface area contributed by atoms with E-state index in [-0.39, 0.29) is 35.6 Å². The summed E-state index contributed by atoms with van der Waals surface area (Å²) in [5, 5.41) is 0. The number of hydrogen-bond acceptors (Lipinski definition) is 5. The molecular weight excluding hydrogens is 406 g/mol. The SMILES string of the molecule is Cc1nc(C2CCN(C(=O)C3CC(=O)N(C)C3)CC2)nc2c1CCC(=O)N2C1CCCC1. The smallest absolute Gasteiger partial charge is 0.228 e. The highest BCUT2D eigenvalue weighted by Crippen LogP contribution is 2.37. The molecule has 1 aliphatic carbocycles. The van der Waals surface area contributed by atoms with Gasteiger partial charge in [0.1, 0.15) is 11.6 Å². The third kappa shape index (κ3) is 3.77. The second-order valence-electron chi connectivity index (χ2n) is 9.95. The lowest BCUT2D eigenvalue weighted by Crippen LogP contribution is -2.44. The summed E-state index contributed by atoms with van der Waals surface area (Å²) in [4.78, 5) is 52.9. The van der Waals surface area contributed by atoms with Gasteiger partial charge in [-0.3, -0.25) is 19.3 Å². The van der Waals surface area contributed by atoms with Crippen molar-refractivity contribution in [1.82, 2.24) is 19.8 Å². The molecule has 0 radical (unpaired) electrons. The van der Waals surface area contributed by atoms with Crippen LogP contribution >= 0.6 is 0 Å². The monoisotopic (exact) mass is 439 g/mol. The largest absolute Gasteiger partial charge is 0.345 e. The van der Waals surface area contributed by atoms with Gasteiger partial charge < -0.3 is 9.80 Å². The fraction of sp³-hybridized carbons (Fsp3) is 0.708. The topological polar surface area (TPSA) is 86.7 Å². The number of hydrogen-bond donors (Lipinski definition) is 0. The highest BCUT2D eigenvalue weighted by atomic mass is 16.2. The quantitative estimate of drug-likeness (QED) is 0.721. The van der Waals surface area contributed by atoms with Crippen LogP contribution < -0.4 is 4.90 Å². The summed E-state index contributed by atoms with van der Waals surface area (Å²) in [6, 6.07) is 0.274. The number of aromatic nitrogens is 2. The molecule has 1 unspecified atom stereocenters. The Kier molecular flexibility index (Phi) is 5.63. The summed E-state index contributed by atoms with van der Waals surface area (Å²) in [5.74, 6) is 2.00. The maximum absolute atomic E-state index is 12.9. The van der Waals surface area contributed by atoms with Gasteiger partial charge in [-0.25, -0.2) is 9.97 Å². The van der Waals surface area contributed by atoms with Crippen LogP contribution in [0.4, 0.5) is 5.82 Å². The summed E-state index contributed by atoms with van der Waals surface area (Å²) in [6.45, 7) is 3.90. The minimum atomic E-state index is -0.211. The van der Waals surface area contributed by atoms with E-state index in [1.54, 1.807) is 11.9 Å². The third-order valence-corrected chi connectivity index (χ3v) is 7.85. The number of carbonyl (C=O) groups excluding carboxylic acids is 3. The van der Waals surface area contributed by atoms with Crippen LogP contribution in [-0.4, -0.2) is 70.2 Å². The fourth-order valence-corrected chi connectivity index (χ4v) is 5.93. The van der Waals surface area contributed by atoms with Gasteiger partial charge in [0.15, 0.2) is 0 Å². The first kappa shape index (κ1) is 21.3. The van der Waals surface area contributed by atoms with Crippen molar-refractivity contribution in [3.8, 4) is 0 Å². The summed E-state index contributed by atoms with van der Waals surface area (Å²) in [6.07, 6.45) is 7.71. The minimum Gasteiger partial charge on any atom is -0.345 e. The van der Waals surface area contributed by atoms with Gasteiger partial charge in [-0.2, -0.15) is 0 Å². The Balaban J connectivity index is 1.31. The molecular formula is C24H33N5O3. The van der Waals surface area contributed by atoms with Gasteiger partial charge in [-0.05, 0) is 39.0 Å². The Hall–Kier alpha value is -2.51. The number of aryl methyl sites for hydroxylation is 1. The lowest BCUT2D eigenvalue weighted by atomic mass is 9.93. The van der Waals surface area contributed by atoms with Crippen LogP contribution in [0.1, 0.15) is 74.4 Å². The maximum atomic E-state index is 12.9. The molecule has 4 heterocycles. The number of likely N-dealkylation sites (tertiary alicyclic amines) is 2. The molecule has 1 saturated carbocycles. The Morgan fingerprint density at radius 3 is 2.34 bits per heavy atom. The Morgan fingerprint density at radius 1 is 0.969 bits per heavy atom. The van der Waals surface area contributed by atoms with Gasteiger partial charge in [-0.15, -0.1) is 0 Å². The normalized spacial score (nSPS) is 25.1. The van der Waals surface area contributed by atoms with Crippen LogP contribution in [0.3, 0.4) is 0 Å². The molecule has 0 spiro atoms. The van der Waals surface area contributed by atoms with Crippen LogP contribution in [0.15, 0.2) is 0 Å². The maximum Gasteiger partial charge on any atom is 0.228 e. The molecule has 8 nitrogen and oxygen atoms in total. The lowest BCUT2D eigenvalue weighted by molar-refractivity contribution is -0.136. The van der Waals surface area contributed by atoms with Crippen molar-refractivity contribution in [3.63, 3.8) is 0 Å². The van der Waals surface area contributed by atoms with Crippen molar-refractivity contribution in [2.24, 2.45) is 5.92 Å².